The van der Waals surface area contributed by atoms with Gasteiger partial charge in [0.15, 0.2) is 0 Å². The fourth-order valence-corrected chi connectivity index (χ4v) is 2.48. The number of rotatable bonds is 8. The molecule has 0 saturated heterocycles. The summed E-state index contributed by atoms with van der Waals surface area (Å²) in [5.41, 5.74) is 1.61. The molecule has 2 N–H and O–H groups in total. The first-order valence-electron chi connectivity index (χ1n) is 7.86. The van der Waals surface area contributed by atoms with E-state index < -0.39 is 0 Å². The molecule has 0 aliphatic heterocycles. The fourth-order valence-electron chi connectivity index (χ4n) is 2.48. The second-order valence-corrected chi connectivity index (χ2v) is 5.47. The maximum absolute atomic E-state index is 12.7. The average molecular weight is 291 g/mol. The first-order chi connectivity index (χ1) is 10.2. The van der Waals surface area contributed by atoms with Crippen LogP contribution in [0.2, 0.25) is 0 Å². The summed E-state index contributed by atoms with van der Waals surface area (Å²) >= 11 is 0. The van der Waals surface area contributed by atoms with Crippen LogP contribution in [0.25, 0.3) is 0 Å². The van der Waals surface area contributed by atoms with Gasteiger partial charge in [-0.05, 0) is 38.3 Å². The van der Waals surface area contributed by atoms with Crippen LogP contribution < -0.4 is 5.32 Å². The van der Waals surface area contributed by atoms with Gasteiger partial charge in [0.25, 0.3) is 5.91 Å². The lowest BCUT2D eigenvalue weighted by Gasteiger charge is -2.22. The van der Waals surface area contributed by atoms with Crippen molar-refractivity contribution in [3.8, 4) is 0 Å². The van der Waals surface area contributed by atoms with Crippen LogP contribution in [0.3, 0.4) is 0 Å². The summed E-state index contributed by atoms with van der Waals surface area (Å²) in [5, 5.41) is 12.4. The summed E-state index contributed by atoms with van der Waals surface area (Å²) in [7, 11) is 0. The molecule has 1 saturated carbocycles. The average Bonchev–Trinajstić information content (AvgIpc) is 3.29. The zero-order valence-electron chi connectivity index (χ0n) is 12.9. The number of carbonyl (C=O) groups is 1. The number of pyridine rings is 1. The molecule has 2 rings (SSSR count). The zero-order chi connectivity index (χ0) is 15.2. The first-order valence-corrected chi connectivity index (χ1v) is 7.86. The van der Waals surface area contributed by atoms with Crippen LogP contribution in [-0.2, 0) is 6.42 Å². The van der Waals surface area contributed by atoms with Crippen LogP contribution in [0.5, 0.6) is 0 Å². The van der Waals surface area contributed by atoms with Crippen molar-refractivity contribution in [2.45, 2.75) is 45.6 Å². The van der Waals surface area contributed by atoms with Crippen molar-refractivity contribution in [3.63, 3.8) is 0 Å². The van der Waals surface area contributed by atoms with Crippen molar-refractivity contribution >= 4 is 11.7 Å². The highest BCUT2D eigenvalue weighted by Crippen LogP contribution is 2.28. The summed E-state index contributed by atoms with van der Waals surface area (Å²) in [5.74, 6) is 0.761. The molecule has 1 amide bonds. The van der Waals surface area contributed by atoms with E-state index in [1.54, 1.807) is 4.90 Å². The van der Waals surface area contributed by atoms with E-state index in [9.17, 15) is 4.79 Å². The molecule has 0 aromatic carbocycles. The van der Waals surface area contributed by atoms with Gasteiger partial charge in [-0.1, -0.05) is 13.3 Å². The Balaban J connectivity index is 2.24. The molecule has 1 aromatic heterocycles. The fraction of sp³-hybridized carbons (Fsp3) is 0.625. The maximum atomic E-state index is 12.7. The van der Waals surface area contributed by atoms with E-state index in [4.69, 9.17) is 5.11 Å². The van der Waals surface area contributed by atoms with Crippen molar-refractivity contribution in [1.29, 1.82) is 0 Å². The number of hydrogen-bond acceptors (Lipinski definition) is 4. The van der Waals surface area contributed by atoms with Crippen molar-refractivity contribution in [1.82, 2.24) is 9.88 Å². The minimum Gasteiger partial charge on any atom is -0.395 e. The topological polar surface area (TPSA) is 65.5 Å². The molecular weight excluding hydrogens is 266 g/mol. The third kappa shape index (κ3) is 4.17. The van der Waals surface area contributed by atoms with Gasteiger partial charge in [0.05, 0.1) is 6.61 Å². The van der Waals surface area contributed by atoms with E-state index in [1.807, 2.05) is 19.1 Å². The van der Waals surface area contributed by atoms with Crippen molar-refractivity contribution < 1.29 is 9.90 Å². The van der Waals surface area contributed by atoms with E-state index >= 15 is 0 Å². The van der Waals surface area contributed by atoms with Crippen LogP contribution in [0.1, 0.15) is 49.2 Å². The lowest BCUT2D eigenvalue weighted by molar-refractivity contribution is 0.0707. The van der Waals surface area contributed by atoms with E-state index in [2.05, 4.69) is 17.2 Å². The highest BCUT2D eigenvalue weighted by molar-refractivity contribution is 5.95. The van der Waals surface area contributed by atoms with Crippen LogP contribution in [0.4, 0.5) is 5.82 Å². The van der Waals surface area contributed by atoms with Gasteiger partial charge in [0.1, 0.15) is 5.82 Å². The second-order valence-electron chi connectivity index (χ2n) is 5.47. The molecule has 0 radical (unpaired) electrons. The molecule has 0 spiro atoms. The van der Waals surface area contributed by atoms with Gasteiger partial charge in [-0.2, -0.15) is 0 Å². The van der Waals surface area contributed by atoms with E-state index in [0.29, 0.717) is 18.2 Å². The molecule has 21 heavy (non-hydrogen) atoms. The minimum atomic E-state index is 0.00505. The number of aliphatic hydroxyl groups is 1. The number of nitrogens with one attached hydrogen (secondary N) is 1. The van der Waals surface area contributed by atoms with Gasteiger partial charge < -0.3 is 15.3 Å². The summed E-state index contributed by atoms with van der Waals surface area (Å²) in [4.78, 5) is 19.0. The van der Waals surface area contributed by atoms with Gasteiger partial charge in [0, 0.05) is 30.4 Å². The number of carbonyl (C=O) groups excluding carboxylic acids is 1. The Morgan fingerprint density at radius 3 is 2.76 bits per heavy atom. The Labute approximate surface area is 126 Å². The zero-order valence-corrected chi connectivity index (χ0v) is 12.9. The van der Waals surface area contributed by atoms with E-state index in [-0.39, 0.29) is 12.5 Å². The van der Waals surface area contributed by atoms with Crippen LogP contribution in [0, 0.1) is 0 Å². The summed E-state index contributed by atoms with van der Waals surface area (Å²) < 4.78 is 0. The number of anilines is 1. The molecule has 5 nitrogen and oxygen atoms in total. The standard InChI is InChI=1S/C16H25N3O2/c1-3-5-13-10-12(11-15(18-13)17-4-2)16(21)19(8-9-20)14-6-7-14/h10-11,14,20H,3-9H2,1-2H3,(H,17,18). The first kappa shape index (κ1) is 15.8. The van der Waals surface area contributed by atoms with Crippen LogP contribution in [0.15, 0.2) is 12.1 Å². The minimum absolute atomic E-state index is 0.00505. The lowest BCUT2D eigenvalue weighted by atomic mass is 10.1. The predicted octanol–water partition coefficient (Wildman–Crippen LogP) is 2.06. The maximum Gasteiger partial charge on any atom is 0.254 e. The highest BCUT2D eigenvalue weighted by Gasteiger charge is 2.32. The number of amides is 1. The van der Waals surface area contributed by atoms with Gasteiger partial charge in [0.2, 0.25) is 0 Å². The molecule has 1 fully saturated rings. The van der Waals surface area contributed by atoms with E-state index in [0.717, 1.165) is 43.7 Å². The number of aromatic nitrogens is 1. The molecule has 1 aromatic rings. The van der Waals surface area contributed by atoms with Crippen molar-refractivity contribution in [3.05, 3.63) is 23.4 Å². The van der Waals surface area contributed by atoms with Gasteiger partial charge in [-0.15, -0.1) is 0 Å². The molecule has 1 aliphatic carbocycles. The SMILES string of the molecule is CCCc1cc(C(=O)N(CCO)C2CC2)cc(NCC)n1. The third-order valence-electron chi connectivity index (χ3n) is 3.58. The van der Waals surface area contributed by atoms with E-state index in [1.165, 1.54) is 0 Å². The van der Waals surface area contributed by atoms with Crippen LogP contribution >= 0.6 is 0 Å². The lowest BCUT2D eigenvalue weighted by Crippen LogP contribution is -2.35. The molecule has 116 valence electrons. The van der Waals surface area contributed by atoms with Crippen molar-refractivity contribution in [2.75, 3.05) is 25.0 Å². The summed E-state index contributed by atoms with van der Waals surface area (Å²) in [6, 6.07) is 4.01. The smallest absolute Gasteiger partial charge is 0.254 e. The Kier molecular flexibility index (Phi) is 5.56. The largest absolute Gasteiger partial charge is 0.395 e. The summed E-state index contributed by atoms with van der Waals surface area (Å²) in [6.07, 6.45) is 3.94. The third-order valence-corrected chi connectivity index (χ3v) is 3.58. The molecule has 0 atom stereocenters. The quantitative estimate of drug-likeness (QED) is 0.769. The number of hydrogen-bond donors (Lipinski definition) is 2. The molecule has 5 heteroatoms. The number of aryl methyl sites for hydroxylation is 1. The summed E-state index contributed by atoms with van der Waals surface area (Å²) in [6.45, 7) is 5.31. The van der Waals surface area contributed by atoms with Gasteiger partial charge in [-0.25, -0.2) is 4.98 Å². The number of aliphatic hydroxyl groups excluding tert-OH is 1. The highest BCUT2D eigenvalue weighted by atomic mass is 16.3. The Bertz CT molecular complexity index is 462. The molecular formula is C16H25N3O2. The van der Waals surface area contributed by atoms with Gasteiger partial charge in [-0.3, -0.25) is 4.79 Å². The molecule has 1 heterocycles. The molecule has 0 bridgehead atoms. The van der Waals surface area contributed by atoms with Crippen LogP contribution in [-0.4, -0.2) is 46.6 Å². The normalized spacial score (nSPS) is 14.0. The Hall–Kier alpha value is -1.62. The number of nitrogens with zero attached hydrogens (tertiary/aromatic N) is 2. The molecule has 0 unspecified atom stereocenters. The molecule has 1 aliphatic rings. The van der Waals surface area contributed by atoms with Gasteiger partial charge >= 0.3 is 0 Å². The Morgan fingerprint density at radius 2 is 2.19 bits per heavy atom. The Morgan fingerprint density at radius 1 is 1.43 bits per heavy atom. The second kappa shape index (κ2) is 7.41. The monoisotopic (exact) mass is 291 g/mol. The van der Waals surface area contributed by atoms with Crippen molar-refractivity contribution in [2.24, 2.45) is 0 Å². The predicted molar refractivity (Wildman–Crippen MR) is 83.5 cm³/mol.